The quantitative estimate of drug-likeness (QED) is 0.823. The Labute approximate surface area is 93.8 Å². The van der Waals surface area contributed by atoms with Gasteiger partial charge in [-0.1, -0.05) is 0 Å². The van der Waals surface area contributed by atoms with Crippen molar-refractivity contribution in [3.63, 3.8) is 0 Å². The van der Waals surface area contributed by atoms with Crippen LogP contribution in [0.25, 0.3) is 0 Å². The van der Waals surface area contributed by atoms with Crippen molar-refractivity contribution in [3.8, 4) is 0 Å². The summed E-state index contributed by atoms with van der Waals surface area (Å²) < 4.78 is 25.4. The van der Waals surface area contributed by atoms with E-state index in [2.05, 4.69) is 20.8 Å². The maximum Gasteiger partial charge on any atom is 0.243 e. The van der Waals surface area contributed by atoms with Crippen molar-refractivity contribution in [1.82, 2.24) is 4.90 Å². The Morgan fingerprint density at radius 3 is 2.71 bits per heavy atom. The molecule has 1 fully saturated rings. The van der Waals surface area contributed by atoms with Crippen molar-refractivity contribution < 1.29 is 8.78 Å². The number of nitrogens with zero attached hydrogens (tertiary/aromatic N) is 1. The number of alkyl halides is 2. The first-order valence-corrected chi connectivity index (χ1v) is 6.01. The molecule has 2 heterocycles. The standard InChI is InChI=1S/C9H10BrF2NS/c10-8-2-1-7(14-8)5-13-3-6(4-13)9(11)12/h1-2,6,9H,3-5H2. The predicted molar refractivity (Wildman–Crippen MR) is 56.8 cm³/mol. The van der Waals surface area contributed by atoms with E-state index in [1.54, 1.807) is 11.3 Å². The summed E-state index contributed by atoms with van der Waals surface area (Å²) in [7, 11) is 0. The van der Waals surface area contributed by atoms with E-state index in [0.717, 1.165) is 10.3 Å². The Kier molecular flexibility index (Phi) is 3.19. The van der Waals surface area contributed by atoms with Crippen molar-refractivity contribution in [2.24, 2.45) is 5.92 Å². The van der Waals surface area contributed by atoms with Gasteiger partial charge < -0.3 is 0 Å². The molecule has 0 atom stereocenters. The van der Waals surface area contributed by atoms with E-state index >= 15 is 0 Å². The zero-order valence-electron chi connectivity index (χ0n) is 7.42. The third-order valence-electron chi connectivity index (χ3n) is 2.35. The SMILES string of the molecule is FC(F)C1CN(Cc2ccc(Br)s2)C1. The summed E-state index contributed by atoms with van der Waals surface area (Å²) in [5.74, 6) is -0.404. The molecule has 1 aromatic rings. The van der Waals surface area contributed by atoms with Crippen LogP contribution >= 0.6 is 27.3 Å². The molecule has 0 amide bonds. The Bertz CT molecular complexity index is 310. The topological polar surface area (TPSA) is 3.24 Å². The summed E-state index contributed by atoms with van der Waals surface area (Å²) in [5, 5.41) is 0. The van der Waals surface area contributed by atoms with Crippen LogP contribution in [-0.4, -0.2) is 24.4 Å². The van der Waals surface area contributed by atoms with Crippen LogP contribution in [0.15, 0.2) is 15.9 Å². The molecule has 0 aromatic carbocycles. The number of halogens is 3. The number of hydrogen-bond donors (Lipinski definition) is 0. The van der Waals surface area contributed by atoms with Crippen molar-refractivity contribution in [2.45, 2.75) is 13.0 Å². The van der Waals surface area contributed by atoms with Crippen LogP contribution < -0.4 is 0 Å². The van der Waals surface area contributed by atoms with E-state index in [1.807, 2.05) is 12.1 Å². The van der Waals surface area contributed by atoms with Gasteiger partial charge in [-0.15, -0.1) is 11.3 Å². The van der Waals surface area contributed by atoms with Gasteiger partial charge in [-0.25, -0.2) is 8.78 Å². The summed E-state index contributed by atoms with van der Waals surface area (Å²) in [5.41, 5.74) is 0. The molecule has 0 aliphatic carbocycles. The molecule has 0 unspecified atom stereocenters. The highest BCUT2D eigenvalue weighted by molar-refractivity contribution is 9.11. The zero-order valence-corrected chi connectivity index (χ0v) is 9.82. The summed E-state index contributed by atoms with van der Waals surface area (Å²) in [4.78, 5) is 3.28. The van der Waals surface area contributed by atoms with E-state index in [1.165, 1.54) is 4.88 Å². The molecule has 1 aliphatic heterocycles. The van der Waals surface area contributed by atoms with Crippen LogP contribution in [0.5, 0.6) is 0 Å². The van der Waals surface area contributed by atoms with E-state index in [0.29, 0.717) is 13.1 Å². The van der Waals surface area contributed by atoms with Crippen LogP contribution in [-0.2, 0) is 6.54 Å². The lowest BCUT2D eigenvalue weighted by Gasteiger charge is -2.38. The van der Waals surface area contributed by atoms with Gasteiger partial charge in [-0.05, 0) is 28.1 Å². The molecule has 2 rings (SSSR count). The highest BCUT2D eigenvalue weighted by Gasteiger charge is 2.33. The predicted octanol–water partition coefficient (Wildman–Crippen LogP) is 3.21. The molecule has 0 N–H and O–H groups in total. The lowest BCUT2D eigenvalue weighted by molar-refractivity contribution is -0.0275. The van der Waals surface area contributed by atoms with Gasteiger partial charge in [0.2, 0.25) is 6.43 Å². The Morgan fingerprint density at radius 1 is 1.50 bits per heavy atom. The maximum atomic E-state index is 12.2. The van der Waals surface area contributed by atoms with E-state index < -0.39 is 12.3 Å². The Balaban J connectivity index is 1.79. The maximum absolute atomic E-state index is 12.2. The minimum Gasteiger partial charge on any atom is -0.297 e. The number of hydrogen-bond acceptors (Lipinski definition) is 2. The van der Waals surface area contributed by atoms with Gasteiger partial charge in [0, 0.05) is 30.4 Å². The Morgan fingerprint density at radius 2 is 2.21 bits per heavy atom. The summed E-state index contributed by atoms with van der Waals surface area (Å²) in [6.07, 6.45) is -2.15. The third-order valence-corrected chi connectivity index (χ3v) is 3.96. The van der Waals surface area contributed by atoms with Crippen LogP contribution in [0.1, 0.15) is 4.88 Å². The number of likely N-dealkylation sites (tertiary alicyclic amines) is 1. The molecule has 0 radical (unpaired) electrons. The monoisotopic (exact) mass is 281 g/mol. The Hall–Kier alpha value is -0.0000000000000000833. The summed E-state index contributed by atoms with van der Waals surface area (Å²) >= 11 is 5.04. The molecule has 0 bridgehead atoms. The van der Waals surface area contributed by atoms with E-state index in [-0.39, 0.29) is 0 Å². The van der Waals surface area contributed by atoms with Gasteiger partial charge in [0.1, 0.15) is 0 Å². The van der Waals surface area contributed by atoms with Gasteiger partial charge in [-0.2, -0.15) is 0 Å². The van der Waals surface area contributed by atoms with Crippen molar-refractivity contribution in [1.29, 1.82) is 0 Å². The first-order valence-electron chi connectivity index (χ1n) is 4.40. The summed E-state index contributed by atoms with van der Waals surface area (Å²) in [6.45, 7) is 1.87. The minimum atomic E-state index is -2.15. The molecule has 14 heavy (non-hydrogen) atoms. The molecule has 5 heteroatoms. The number of rotatable bonds is 3. The van der Waals surface area contributed by atoms with Crippen LogP contribution in [0.3, 0.4) is 0 Å². The minimum absolute atomic E-state index is 0.404. The second-order valence-corrected chi connectivity index (χ2v) is 6.04. The van der Waals surface area contributed by atoms with Gasteiger partial charge in [0.05, 0.1) is 3.79 Å². The van der Waals surface area contributed by atoms with E-state index in [4.69, 9.17) is 0 Å². The normalized spacial score (nSPS) is 18.9. The highest BCUT2D eigenvalue weighted by Crippen LogP contribution is 2.28. The molecule has 78 valence electrons. The second-order valence-electron chi connectivity index (χ2n) is 3.49. The fraction of sp³-hybridized carbons (Fsp3) is 0.556. The first-order chi connectivity index (χ1) is 6.65. The van der Waals surface area contributed by atoms with Gasteiger partial charge in [0.25, 0.3) is 0 Å². The smallest absolute Gasteiger partial charge is 0.243 e. The van der Waals surface area contributed by atoms with Crippen molar-refractivity contribution in [2.75, 3.05) is 13.1 Å². The lowest BCUT2D eigenvalue weighted by atomic mass is 10.0. The fourth-order valence-corrected chi connectivity index (χ4v) is 3.08. The molecule has 0 saturated carbocycles. The highest BCUT2D eigenvalue weighted by atomic mass is 79.9. The van der Waals surface area contributed by atoms with Crippen LogP contribution in [0.2, 0.25) is 0 Å². The molecule has 1 aliphatic rings. The molecule has 1 aromatic heterocycles. The van der Waals surface area contributed by atoms with Gasteiger partial charge in [0.15, 0.2) is 0 Å². The molecular formula is C9H10BrF2NS. The fourth-order valence-electron chi connectivity index (χ4n) is 1.56. The molecular weight excluding hydrogens is 272 g/mol. The first kappa shape index (κ1) is 10.5. The lowest BCUT2D eigenvalue weighted by Crippen LogP contribution is -2.48. The molecule has 1 nitrogen and oxygen atoms in total. The third kappa shape index (κ3) is 2.32. The molecule has 0 spiro atoms. The van der Waals surface area contributed by atoms with Gasteiger partial charge in [-0.3, -0.25) is 4.90 Å². The number of thiophene rings is 1. The average molecular weight is 282 g/mol. The van der Waals surface area contributed by atoms with E-state index in [9.17, 15) is 8.78 Å². The van der Waals surface area contributed by atoms with Gasteiger partial charge >= 0.3 is 0 Å². The second kappa shape index (κ2) is 4.24. The largest absolute Gasteiger partial charge is 0.297 e. The van der Waals surface area contributed by atoms with Crippen LogP contribution in [0, 0.1) is 5.92 Å². The van der Waals surface area contributed by atoms with Crippen LogP contribution in [0.4, 0.5) is 8.78 Å². The summed E-state index contributed by atoms with van der Waals surface area (Å²) in [6, 6.07) is 4.02. The average Bonchev–Trinajstić information content (AvgIpc) is 2.42. The zero-order chi connectivity index (χ0) is 10.1. The van der Waals surface area contributed by atoms with Crippen molar-refractivity contribution in [3.05, 3.63) is 20.8 Å². The molecule has 1 saturated heterocycles. The van der Waals surface area contributed by atoms with Crippen molar-refractivity contribution >= 4 is 27.3 Å².